The molecule has 0 atom stereocenters. The first-order chi connectivity index (χ1) is 8.01. The number of carbonyl (C=O) groups is 1. The van der Waals surface area contributed by atoms with Crippen LogP contribution < -0.4 is 4.74 Å². The number of benzene rings is 1. The summed E-state index contributed by atoms with van der Waals surface area (Å²) in [4.78, 5) is 27.7. The van der Waals surface area contributed by atoms with E-state index in [2.05, 4.69) is 0 Å². The molecule has 94 valence electrons. The lowest BCUT2D eigenvalue weighted by Gasteiger charge is -2.06. The number of ether oxygens (including phenoxy) is 1. The van der Waals surface area contributed by atoms with Gasteiger partial charge in [-0.1, -0.05) is 0 Å². The van der Waals surface area contributed by atoms with Gasteiger partial charge in [-0.3, -0.25) is 9.36 Å². The zero-order valence-electron chi connectivity index (χ0n) is 9.28. The molecular weight excluding hydrogens is 243 g/mol. The van der Waals surface area contributed by atoms with E-state index < -0.39 is 7.60 Å². The highest BCUT2D eigenvalue weighted by molar-refractivity contribution is 7.51. The molecule has 0 fully saturated rings. The third-order valence-electron chi connectivity index (χ3n) is 2.13. The second kappa shape index (κ2) is 6.55. The first-order valence-corrected chi connectivity index (χ1v) is 7.03. The second-order valence-electron chi connectivity index (χ2n) is 3.63. The predicted octanol–water partition coefficient (Wildman–Crippen LogP) is 1.84. The van der Waals surface area contributed by atoms with Crippen LogP contribution in [0.25, 0.3) is 0 Å². The smallest absolute Gasteiger partial charge is 0.325 e. The van der Waals surface area contributed by atoms with Crippen LogP contribution in [0.2, 0.25) is 0 Å². The van der Waals surface area contributed by atoms with Crippen LogP contribution in [-0.4, -0.2) is 28.8 Å². The van der Waals surface area contributed by atoms with E-state index in [0.29, 0.717) is 30.8 Å². The molecule has 0 aliphatic heterocycles. The van der Waals surface area contributed by atoms with Crippen molar-refractivity contribution in [2.75, 3.05) is 12.8 Å². The van der Waals surface area contributed by atoms with Gasteiger partial charge in [0.15, 0.2) is 0 Å². The summed E-state index contributed by atoms with van der Waals surface area (Å²) in [5.41, 5.74) is 0.582. The Morgan fingerprint density at radius 3 is 2.35 bits per heavy atom. The first kappa shape index (κ1) is 13.9. The third-order valence-corrected chi connectivity index (χ3v) is 3.03. The van der Waals surface area contributed by atoms with Gasteiger partial charge < -0.3 is 14.5 Å². The van der Waals surface area contributed by atoms with Crippen molar-refractivity contribution in [2.45, 2.75) is 12.8 Å². The fourth-order valence-corrected chi connectivity index (χ4v) is 1.89. The molecule has 5 nitrogen and oxygen atoms in total. The number of hydrogen-bond acceptors (Lipinski definition) is 3. The van der Waals surface area contributed by atoms with E-state index >= 15 is 0 Å². The zero-order valence-corrected chi connectivity index (χ0v) is 10.2. The summed E-state index contributed by atoms with van der Waals surface area (Å²) < 4.78 is 15.9. The summed E-state index contributed by atoms with van der Waals surface area (Å²) in [5.74, 6) is 0.645. The minimum atomic E-state index is -3.88. The van der Waals surface area contributed by atoms with Gasteiger partial charge in [0.2, 0.25) is 0 Å². The van der Waals surface area contributed by atoms with E-state index in [4.69, 9.17) is 14.5 Å². The quantitative estimate of drug-likeness (QED) is 0.443. The van der Waals surface area contributed by atoms with Crippen LogP contribution in [0.4, 0.5) is 0 Å². The lowest BCUT2D eigenvalue weighted by molar-refractivity contribution is 0.112. The van der Waals surface area contributed by atoms with Crippen molar-refractivity contribution in [3.05, 3.63) is 29.8 Å². The normalized spacial score (nSPS) is 11.2. The van der Waals surface area contributed by atoms with Crippen LogP contribution >= 0.6 is 7.60 Å². The molecule has 0 aliphatic carbocycles. The molecule has 17 heavy (non-hydrogen) atoms. The van der Waals surface area contributed by atoms with E-state index in [1.165, 1.54) is 0 Å². The van der Waals surface area contributed by atoms with Crippen LogP contribution in [0.3, 0.4) is 0 Å². The Morgan fingerprint density at radius 1 is 1.18 bits per heavy atom. The lowest BCUT2D eigenvalue weighted by Crippen LogP contribution is -1.99. The minimum Gasteiger partial charge on any atom is -0.494 e. The van der Waals surface area contributed by atoms with Gasteiger partial charge in [0.25, 0.3) is 0 Å². The van der Waals surface area contributed by atoms with Crippen molar-refractivity contribution < 1.29 is 23.9 Å². The monoisotopic (exact) mass is 258 g/mol. The summed E-state index contributed by atoms with van der Waals surface area (Å²) >= 11 is 0. The maximum Gasteiger partial charge on any atom is 0.325 e. The number of unbranched alkanes of at least 4 members (excludes halogenated alkanes) is 1. The SMILES string of the molecule is O=Cc1ccc(OCCCCP(=O)(O)O)cc1. The highest BCUT2D eigenvalue weighted by Crippen LogP contribution is 2.35. The van der Waals surface area contributed by atoms with Crippen LogP contribution in [0.15, 0.2) is 24.3 Å². The number of rotatable bonds is 7. The van der Waals surface area contributed by atoms with E-state index in [-0.39, 0.29) is 6.16 Å². The molecular formula is C11H15O5P. The van der Waals surface area contributed by atoms with E-state index in [0.717, 1.165) is 6.29 Å². The number of hydrogen-bond donors (Lipinski definition) is 2. The van der Waals surface area contributed by atoms with Crippen molar-refractivity contribution in [1.29, 1.82) is 0 Å². The Kier molecular flexibility index (Phi) is 5.35. The van der Waals surface area contributed by atoms with Gasteiger partial charge in [-0.25, -0.2) is 0 Å². The topological polar surface area (TPSA) is 83.8 Å². The molecule has 1 aromatic carbocycles. The van der Waals surface area contributed by atoms with Gasteiger partial charge in [-0.2, -0.15) is 0 Å². The van der Waals surface area contributed by atoms with E-state index in [9.17, 15) is 9.36 Å². The molecule has 0 aromatic heterocycles. The van der Waals surface area contributed by atoms with Crippen molar-refractivity contribution in [3.63, 3.8) is 0 Å². The van der Waals surface area contributed by atoms with Gasteiger partial charge in [-0.05, 0) is 37.1 Å². The molecule has 0 radical (unpaired) electrons. The molecule has 0 unspecified atom stereocenters. The highest BCUT2D eigenvalue weighted by atomic mass is 31.2. The Hall–Kier alpha value is -1.16. The van der Waals surface area contributed by atoms with Gasteiger partial charge in [0, 0.05) is 11.7 Å². The van der Waals surface area contributed by atoms with Crippen molar-refractivity contribution >= 4 is 13.9 Å². The zero-order chi connectivity index (χ0) is 12.7. The van der Waals surface area contributed by atoms with Crippen LogP contribution in [0.5, 0.6) is 5.75 Å². The van der Waals surface area contributed by atoms with Crippen molar-refractivity contribution in [1.82, 2.24) is 0 Å². The summed E-state index contributed by atoms with van der Waals surface area (Å²) in [6.07, 6.45) is 1.65. The predicted molar refractivity (Wildman–Crippen MR) is 63.5 cm³/mol. The Morgan fingerprint density at radius 2 is 1.82 bits per heavy atom. The molecule has 0 saturated heterocycles. The average molecular weight is 258 g/mol. The maximum absolute atomic E-state index is 10.6. The van der Waals surface area contributed by atoms with Crippen molar-refractivity contribution in [2.24, 2.45) is 0 Å². The molecule has 0 spiro atoms. The lowest BCUT2D eigenvalue weighted by atomic mass is 10.2. The van der Waals surface area contributed by atoms with Gasteiger partial charge in [0.1, 0.15) is 12.0 Å². The maximum atomic E-state index is 10.6. The van der Waals surface area contributed by atoms with Crippen LogP contribution in [-0.2, 0) is 4.57 Å². The standard InChI is InChI=1S/C11H15O5P/c12-9-10-3-5-11(6-4-10)16-7-1-2-8-17(13,14)15/h3-6,9H,1-2,7-8H2,(H2,13,14,15). The van der Waals surface area contributed by atoms with Gasteiger partial charge in [-0.15, -0.1) is 0 Å². The molecule has 0 aliphatic rings. The number of aldehydes is 1. The molecule has 2 N–H and O–H groups in total. The Bertz CT molecular complexity index is 395. The Labute approximate surface area is 99.6 Å². The minimum absolute atomic E-state index is 0.111. The summed E-state index contributed by atoms with van der Waals surface area (Å²) in [5, 5.41) is 0. The summed E-state index contributed by atoms with van der Waals surface area (Å²) in [6.45, 7) is 0.403. The highest BCUT2D eigenvalue weighted by Gasteiger charge is 2.11. The summed E-state index contributed by atoms with van der Waals surface area (Å²) in [7, 11) is -3.88. The Balaban J connectivity index is 2.22. The van der Waals surface area contributed by atoms with E-state index in [1.807, 2.05) is 0 Å². The van der Waals surface area contributed by atoms with Crippen molar-refractivity contribution in [3.8, 4) is 5.75 Å². The molecule has 0 heterocycles. The van der Waals surface area contributed by atoms with Crippen LogP contribution in [0, 0.1) is 0 Å². The number of carbonyl (C=O) groups excluding carboxylic acids is 1. The van der Waals surface area contributed by atoms with Gasteiger partial charge in [0.05, 0.1) is 6.61 Å². The fourth-order valence-electron chi connectivity index (χ4n) is 1.25. The molecule has 1 aromatic rings. The van der Waals surface area contributed by atoms with Crippen LogP contribution in [0.1, 0.15) is 23.2 Å². The molecule has 0 amide bonds. The third kappa shape index (κ3) is 6.22. The van der Waals surface area contributed by atoms with E-state index in [1.54, 1.807) is 24.3 Å². The fraction of sp³-hybridized carbons (Fsp3) is 0.364. The average Bonchev–Trinajstić information content (AvgIpc) is 2.28. The first-order valence-electron chi connectivity index (χ1n) is 5.24. The second-order valence-corrected chi connectivity index (χ2v) is 5.41. The molecule has 0 saturated carbocycles. The van der Waals surface area contributed by atoms with Gasteiger partial charge >= 0.3 is 7.60 Å². The molecule has 6 heteroatoms. The summed E-state index contributed by atoms with van der Waals surface area (Å²) in [6, 6.07) is 6.68. The largest absolute Gasteiger partial charge is 0.494 e. The molecule has 1 rings (SSSR count). The molecule has 0 bridgehead atoms.